The highest BCUT2D eigenvalue weighted by atomic mass is 35.5. The number of carbonyl (C=O) groups is 3. The number of esters is 1. The molecule has 0 radical (unpaired) electrons. The highest BCUT2D eigenvalue weighted by Crippen LogP contribution is 2.48. The Hall–Kier alpha value is -4.44. The van der Waals surface area contributed by atoms with E-state index < -0.39 is 29.6 Å². The second-order valence-corrected chi connectivity index (χ2v) is 17.1. The maximum absolute atomic E-state index is 14.5. The first-order chi connectivity index (χ1) is 29.2. The van der Waals surface area contributed by atoms with Gasteiger partial charge >= 0.3 is 12.1 Å². The lowest BCUT2D eigenvalue weighted by Gasteiger charge is -2.42. The molecule has 0 bridgehead atoms. The number of fused-ring (bicyclic) bond motifs is 2. The largest absolute Gasteiger partial charge is 0.490 e. The van der Waals surface area contributed by atoms with Crippen LogP contribution in [-0.4, -0.2) is 123 Å². The van der Waals surface area contributed by atoms with Crippen LogP contribution < -0.4 is 19.9 Å². The molecule has 2 heterocycles. The SMILES string of the molecule is COC(=O)[C@@H]1c2ccccc2C(=O)N(c2ccc(C(C)(C)C)c(Cl)c2)[C@H]1c1ccc2c(c1)N(CCOCCOCCOCCOCCOCCNC(=O)OC(C)(C)C)CCO2. The lowest BCUT2D eigenvalue weighted by Crippen LogP contribution is -2.45. The van der Waals surface area contributed by atoms with Crippen molar-refractivity contribution in [3.8, 4) is 5.75 Å². The molecule has 3 aromatic rings. The number of methoxy groups -OCH3 is 1. The Labute approximate surface area is 365 Å². The molecular formula is C46H62ClN3O11. The number of amides is 2. The molecule has 334 valence electrons. The van der Waals surface area contributed by atoms with E-state index in [9.17, 15) is 14.4 Å². The molecule has 0 unspecified atom stereocenters. The molecule has 0 aliphatic carbocycles. The van der Waals surface area contributed by atoms with E-state index in [4.69, 9.17) is 49.5 Å². The molecule has 3 aromatic carbocycles. The third kappa shape index (κ3) is 13.5. The topological polar surface area (TPSA) is 144 Å². The molecule has 2 aliphatic heterocycles. The zero-order valence-electron chi connectivity index (χ0n) is 36.6. The number of hydrogen-bond donors (Lipinski definition) is 1. The van der Waals surface area contributed by atoms with Crippen LogP contribution in [0, 0.1) is 0 Å². The highest BCUT2D eigenvalue weighted by molar-refractivity contribution is 6.32. The number of benzene rings is 3. The molecule has 15 heteroatoms. The molecule has 61 heavy (non-hydrogen) atoms. The van der Waals surface area contributed by atoms with Crippen molar-refractivity contribution in [1.82, 2.24) is 5.32 Å². The Kier molecular flexibility index (Phi) is 17.6. The van der Waals surface area contributed by atoms with Gasteiger partial charge in [-0.3, -0.25) is 14.5 Å². The average molecular weight is 868 g/mol. The Balaban J connectivity index is 1.09. The maximum Gasteiger partial charge on any atom is 0.407 e. The van der Waals surface area contributed by atoms with Gasteiger partial charge in [-0.05, 0) is 73.2 Å². The van der Waals surface area contributed by atoms with Gasteiger partial charge < -0.3 is 48.1 Å². The van der Waals surface area contributed by atoms with Crippen LogP contribution in [0.1, 0.15) is 80.6 Å². The minimum atomic E-state index is -0.809. The Morgan fingerprint density at radius 2 is 1.43 bits per heavy atom. The molecule has 0 saturated heterocycles. The van der Waals surface area contributed by atoms with Gasteiger partial charge in [0.15, 0.2) is 0 Å². The minimum Gasteiger partial charge on any atom is -0.490 e. The van der Waals surface area contributed by atoms with Gasteiger partial charge in [0.2, 0.25) is 0 Å². The van der Waals surface area contributed by atoms with Crippen molar-refractivity contribution >= 4 is 40.9 Å². The van der Waals surface area contributed by atoms with E-state index in [1.54, 1.807) is 17.0 Å². The number of ether oxygens (including phenoxy) is 8. The van der Waals surface area contributed by atoms with Gasteiger partial charge in [0.25, 0.3) is 5.91 Å². The van der Waals surface area contributed by atoms with Crippen molar-refractivity contribution in [2.45, 2.75) is 64.5 Å². The molecule has 0 aromatic heterocycles. The fraction of sp³-hybridized carbons (Fsp3) is 0.543. The van der Waals surface area contributed by atoms with E-state index in [0.29, 0.717) is 120 Å². The van der Waals surface area contributed by atoms with Crippen molar-refractivity contribution in [3.05, 3.63) is 87.9 Å². The van der Waals surface area contributed by atoms with Crippen LogP contribution in [0.2, 0.25) is 5.02 Å². The number of anilines is 2. The summed E-state index contributed by atoms with van der Waals surface area (Å²) in [5, 5.41) is 3.18. The summed E-state index contributed by atoms with van der Waals surface area (Å²) in [6.07, 6.45) is -0.466. The van der Waals surface area contributed by atoms with E-state index in [2.05, 4.69) is 31.0 Å². The van der Waals surface area contributed by atoms with E-state index in [-0.39, 0.29) is 11.3 Å². The second kappa shape index (κ2) is 22.6. The quantitative estimate of drug-likeness (QED) is 0.0862. The fourth-order valence-electron chi connectivity index (χ4n) is 7.20. The third-order valence-corrected chi connectivity index (χ3v) is 10.3. The van der Waals surface area contributed by atoms with Crippen molar-refractivity contribution < 1.29 is 52.3 Å². The molecular weight excluding hydrogens is 806 g/mol. The number of halogens is 1. The van der Waals surface area contributed by atoms with Gasteiger partial charge in [-0.15, -0.1) is 0 Å². The highest BCUT2D eigenvalue weighted by Gasteiger charge is 2.46. The summed E-state index contributed by atoms with van der Waals surface area (Å²) >= 11 is 6.88. The van der Waals surface area contributed by atoms with Crippen molar-refractivity contribution in [3.63, 3.8) is 0 Å². The third-order valence-electron chi connectivity index (χ3n) is 10.0. The lowest BCUT2D eigenvalue weighted by atomic mass is 9.79. The first-order valence-corrected chi connectivity index (χ1v) is 21.2. The van der Waals surface area contributed by atoms with Crippen LogP contribution in [0.25, 0.3) is 0 Å². The van der Waals surface area contributed by atoms with E-state index in [0.717, 1.165) is 16.8 Å². The predicted octanol–water partition coefficient (Wildman–Crippen LogP) is 7.10. The van der Waals surface area contributed by atoms with Crippen LogP contribution in [0.3, 0.4) is 0 Å². The van der Waals surface area contributed by atoms with E-state index >= 15 is 0 Å². The van der Waals surface area contributed by atoms with Gasteiger partial charge in [-0.25, -0.2) is 4.79 Å². The lowest BCUT2D eigenvalue weighted by molar-refractivity contribution is -0.143. The van der Waals surface area contributed by atoms with Crippen LogP contribution in [0.5, 0.6) is 5.75 Å². The number of nitrogens with one attached hydrogen (secondary N) is 1. The van der Waals surface area contributed by atoms with Crippen LogP contribution in [0.15, 0.2) is 60.7 Å². The summed E-state index contributed by atoms with van der Waals surface area (Å²) in [5.74, 6) is -0.778. The average Bonchev–Trinajstić information content (AvgIpc) is 3.21. The summed E-state index contributed by atoms with van der Waals surface area (Å²) in [5.41, 5.74) is 3.44. The number of alkyl carbamates (subject to hydrolysis) is 1. The van der Waals surface area contributed by atoms with Crippen LogP contribution in [0.4, 0.5) is 16.2 Å². The molecule has 5 rings (SSSR count). The number of nitrogens with zero attached hydrogens (tertiary/aromatic N) is 2. The Morgan fingerprint density at radius 1 is 0.803 bits per heavy atom. The standard InChI is InChI=1S/C46H62ClN3O11/c1-45(2,3)36-14-13-33(31-37(36)47)50-41(40(43(52)54-7)34-10-8-9-11-35(34)42(50)51)32-12-15-39-38(30-32)49(18-21-60-39)17-20-56-23-25-58-27-29-59-28-26-57-24-22-55-19-16-48-44(53)61-46(4,5)6/h8-15,30-31,40-41H,16-29H2,1-7H3,(H,48,53)/t40-,41+/m1/s1. The maximum atomic E-state index is 14.5. The van der Waals surface area contributed by atoms with Gasteiger partial charge in [0.05, 0.1) is 91.5 Å². The Morgan fingerprint density at radius 3 is 2.03 bits per heavy atom. The van der Waals surface area contributed by atoms with Gasteiger partial charge in [-0.2, -0.15) is 0 Å². The summed E-state index contributed by atoms with van der Waals surface area (Å²) < 4.78 is 44.8. The number of hydrogen-bond acceptors (Lipinski definition) is 12. The summed E-state index contributed by atoms with van der Waals surface area (Å²) in [7, 11) is 1.37. The van der Waals surface area contributed by atoms with Crippen molar-refractivity contribution in [2.75, 3.05) is 109 Å². The van der Waals surface area contributed by atoms with Crippen molar-refractivity contribution in [1.29, 1.82) is 0 Å². The molecule has 2 amide bonds. The Bertz CT molecular complexity index is 1910. The number of rotatable bonds is 21. The smallest absolute Gasteiger partial charge is 0.407 e. The summed E-state index contributed by atoms with van der Waals surface area (Å²) in [6, 6.07) is 18.0. The molecule has 0 fully saturated rings. The van der Waals surface area contributed by atoms with Gasteiger partial charge in [0, 0.05) is 29.4 Å². The molecule has 0 spiro atoms. The zero-order chi connectivity index (χ0) is 44.0. The minimum absolute atomic E-state index is 0.211. The van der Waals surface area contributed by atoms with Gasteiger partial charge in [-0.1, -0.05) is 62.7 Å². The second-order valence-electron chi connectivity index (χ2n) is 16.7. The van der Waals surface area contributed by atoms with Crippen molar-refractivity contribution in [2.24, 2.45) is 0 Å². The molecule has 2 aliphatic rings. The zero-order valence-corrected chi connectivity index (χ0v) is 37.3. The van der Waals surface area contributed by atoms with Gasteiger partial charge in [0.1, 0.15) is 23.9 Å². The first kappa shape index (κ1) is 47.6. The normalized spacial score (nSPS) is 16.4. The fourth-order valence-corrected chi connectivity index (χ4v) is 7.66. The molecule has 0 saturated carbocycles. The monoisotopic (exact) mass is 867 g/mol. The first-order valence-electron chi connectivity index (χ1n) is 20.9. The summed E-state index contributed by atoms with van der Waals surface area (Å²) in [4.78, 5) is 43.7. The van der Waals surface area contributed by atoms with E-state index in [1.165, 1.54) is 7.11 Å². The predicted molar refractivity (Wildman–Crippen MR) is 233 cm³/mol. The van der Waals surface area contributed by atoms with Crippen LogP contribution >= 0.6 is 11.6 Å². The molecule has 2 atom stereocenters. The van der Waals surface area contributed by atoms with E-state index in [1.807, 2.05) is 69.3 Å². The van der Waals surface area contributed by atoms with Crippen LogP contribution in [-0.2, 0) is 43.4 Å². The molecule has 1 N–H and O–H groups in total. The molecule has 14 nitrogen and oxygen atoms in total. The summed E-state index contributed by atoms with van der Waals surface area (Å²) in [6.45, 7) is 18.0. The number of carbonyl (C=O) groups excluding carboxylic acids is 3.